The molecule has 3 rings (SSSR count). The number of nitrogens with two attached hydrogens (primary N) is 2. The Bertz CT molecular complexity index is 1100. The Labute approximate surface area is 169 Å². The number of carbonyl (C=O) groups is 1. The molecule has 1 aromatic heterocycles. The van der Waals surface area contributed by atoms with Crippen LogP contribution in [0.25, 0.3) is 0 Å². The van der Waals surface area contributed by atoms with Gasteiger partial charge in [0.1, 0.15) is 10.1 Å². The molecule has 3 aromatic rings. The zero-order valence-electron chi connectivity index (χ0n) is 16.4. The van der Waals surface area contributed by atoms with E-state index in [0.29, 0.717) is 17.1 Å². The third-order valence-electron chi connectivity index (χ3n) is 4.17. The first-order chi connectivity index (χ1) is 13.5. The number of Topliss-reactive ketones (excluding diaryl/α,β-unsaturated/α-hetero) is 1. The van der Waals surface area contributed by atoms with Crippen molar-refractivity contribution in [3.63, 3.8) is 0 Å². The van der Waals surface area contributed by atoms with Gasteiger partial charge >= 0.3 is 0 Å². The maximum atomic E-state index is 12.1. The predicted octanol–water partition coefficient (Wildman–Crippen LogP) is 0.865. The number of benzene rings is 2. The molecule has 1 heterocycles. The monoisotopic (exact) mass is 417 g/mol. The number of nitrogen functional groups attached to an aromatic ring is 2. The number of hydrogen-bond donors (Lipinski definition) is 2. The Balaban J connectivity index is 0.000000234. The largest absolute Gasteiger partial charge is 0.744 e. The molecule has 0 saturated carbocycles. The van der Waals surface area contributed by atoms with Crippen LogP contribution in [0.1, 0.15) is 27.6 Å². The minimum atomic E-state index is -4.33. The summed E-state index contributed by atoms with van der Waals surface area (Å²) in [6.07, 6.45) is 0. The lowest BCUT2D eigenvalue weighted by Crippen LogP contribution is -2.48. The van der Waals surface area contributed by atoms with E-state index in [0.717, 1.165) is 11.4 Å². The molecule has 0 fully saturated rings. The van der Waals surface area contributed by atoms with Gasteiger partial charge in [-0.25, -0.2) is 8.42 Å². The molecule has 29 heavy (non-hydrogen) atoms. The summed E-state index contributed by atoms with van der Waals surface area (Å²) in [6, 6.07) is 12.6. The van der Waals surface area contributed by atoms with Crippen LogP contribution in [0, 0.1) is 20.8 Å². The molecular formula is C19H23N5O4S. The first kappa shape index (κ1) is 22.1. The van der Waals surface area contributed by atoms with Gasteiger partial charge < -0.3 is 10.3 Å². The van der Waals surface area contributed by atoms with Crippen molar-refractivity contribution < 1.29 is 22.4 Å². The Morgan fingerprint density at radius 1 is 1.07 bits per heavy atom. The summed E-state index contributed by atoms with van der Waals surface area (Å²) >= 11 is 0. The summed E-state index contributed by atoms with van der Waals surface area (Å²) in [5.41, 5.74) is 7.53. The highest BCUT2D eigenvalue weighted by Gasteiger charge is 2.20. The van der Waals surface area contributed by atoms with Crippen molar-refractivity contribution in [1.29, 1.82) is 0 Å². The molecule has 154 valence electrons. The van der Waals surface area contributed by atoms with Gasteiger partial charge in [-0.3, -0.25) is 10.6 Å². The molecule has 0 unspecified atom stereocenters. The fourth-order valence-corrected chi connectivity index (χ4v) is 2.87. The molecule has 10 heteroatoms. The van der Waals surface area contributed by atoms with Gasteiger partial charge in [0.25, 0.3) is 11.6 Å². The van der Waals surface area contributed by atoms with Crippen LogP contribution in [0.4, 0.5) is 5.69 Å². The molecule has 0 aliphatic rings. The van der Waals surface area contributed by atoms with E-state index in [-0.39, 0.29) is 17.2 Å². The summed E-state index contributed by atoms with van der Waals surface area (Å²) < 4.78 is 34.1. The number of rotatable bonds is 4. The molecule has 0 atom stereocenters. The Hall–Kier alpha value is -3.24. The summed E-state index contributed by atoms with van der Waals surface area (Å²) in [7, 11) is -4.33. The van der Waals surface area contributed by atoms with Crippen molar-refractivity contribution in [3.05, 3.63) is 71.3 Å². The lowest BCUT2D eigenvalue weighted by atomic mass is 10.1. The van der Waals surface area contributed by atoms with Crippen molar-refractivity contribution in [1.82, 2.24) is 9.78 Å². The van der Waals surface area contributed by atoms with Crippen LogP contribution in [-0.4, -0.2) is 28.5 Å². The van der Waals surface area contributed by atoms with Gasteiger partial charge in [0.15, 0.2) is 12.3 Å². The Morgan fingerprint density at radius 2 is 1.62 bits per heavy atom. The summed E-state index contributed by atoms with van der Waals surface area (Å²) in [5.74, 6) is 7.23. The van der Waals surface area contributed by atoms with Crippen LogP contribution in [0.15, 0.2) is 53.4 Å². The highest BCUT2D eigenvalue weighted by atomic mass is 32.2. The molecule has 4 N–H and O–H groups in total. The minimum Gasteiger partial charge on any atom is -0.744 e. The third kappa shape index (κ3) is 5.87. The van der Waals surface area contributed by atoms with E-state index >= 15 is 0 Å². The van der Waals surface area contributed by atoms with Crippen LogP contribution in [0.5, 0.6) is 0 Å². The van der Waals surface area contributed by atoms with E-state index in [9.17, 15) is 17.8 Å². The first-order valence-electron chi connectivity index (χ1n) is 8.61. The molecule has 2 aromatic carbocycles. The molecule has 0 radical (unpaired) electrons. The maximum Gasteiger partial charge on any atom is 0.295 e. The SMILES string of the molecule is Cc1ccc(C(=O)Cn2nc(C)[n+](N)c2C)cc1.Nc1ccc(S(=O)(=O)[O-])cc1. The molecule has 0 bridgehead atoms. The third-order valence-corrected chi connectivity index (χ3v) is 5.02. The minimum absolute atomic E-state index is 0.0289. The highest BCUT2D eigenvalue weighted by molar-refractivity contribution is 7.85. The quantitative estimate of drug-likeness (QED) is 0.210. The van der Waals surface area contributed by atoms with Crippen molar-refractivity contribution >= 4 is 21.6 Å². The number of aromatic nitrogens is 3. The fourth-order valence-electron chi connectivity index (χ4n) is 2.40. The summed E-state index contributed by atoms with van der Waals surface area (Å²) in [6.45, 7) is 5.84. The average Bonchev–Trinajstić information content (AvgIpc) is 2.89. The lowest BCUT2D eigenvalue weighted by molar-refractivity contribution is -0.652. The van der Waals surface area contributed by atoms with Crippen LogP contribution < -0.4 is 16.3 Å². The van der Waals surface area contributed by atoms with Crippen molar-refractivity contribution in [2.75, 3.05) is 11.6 Å². The van der Waals surface area contributed by atoms with Gasteiger partial charge in [0.2, 0.25) is 0 Å². The van der Waals surface area contributed by atoms with Gasteiger partial charge in [0, 0.05) is 30.2 Å². The second-order valence-electron chi connectivity index (χ2n) is 6.43. The molecule has 9 nitrogen and oxygen atoms in total. The maximum absolute atomic E-state index is 12.1. The van der Waals surface area contributed by atoms with Crippen LogP contribution >= 0.6 is 0 Å². The Kier molecular flexibility index (Phi) is 6.72. The number of aryl methyl sites for hydroxylation is 2. The molecule has 0 spiro atoms. The van der Waals surface area contributed by atoms with Gasteiger partial charge in [-0.15, -0.1) is 9.36 Å². The van der Waals surface area contributed by atoms with Crippen molar-refractivity contribution in [2.24, 2.45) is 0 Å². The summed E-state index contributed by atoms with van der Waals surface area (Å²) in [4.78, 5) is 11.8. The number of ketones is 1. The van der Waals surface area contributed by atoms with Crippen LogP contribution in [0.2, 0.25) is 0 Å². The second-order valence-corrected chi connectivity index (χ2v) is 7.81. The number of hydrogen-bond acceptors (Lipinski definition) is 7. The van der Waals surface area contributed by atoms with Crippen LogP contribution in [-0.2, 0) is 16.7 Å². The van der Waals surface area contributed by atoms with Gasteiger partial charge in [-0.05, 0) is 31.2 Å². The smallest absolute Gasteiger partial charge is 0.295 e. The summed E-state index contributed by atoms with van der Waals surface area (Å²) in [5, 5.41) is 4.23. The van der Waals surface area contributed by atoms with Gasteiger partial charge in [0.05, 0.1) is 4.90 Å². The normalized spacial score (nSPS) is 10.9. The van der Waals surface area contributed by atoms with Gasteiger partial charge in [-0.2, -0.15) is 0 Å². The number of carbonyl (C=O) groups excluding carboxylic acids is 1. The van der Waals surface area contributed by atoms with Crippen LogP contribution in [0.3, 0.4) is 0 Å². The lowest BCUT2D eigenvalue weighted by Gasteiger charge is -2.05. The molecular weight excluding hydrogens is 394 g/mol. The predicted molar refractivity (Wildman–Crippen MR) is 106 cm³/mol. The van der Waals surface area contributed by atoms with Crippen molar-refractivity contribution in [3.8, 4) is 0 Å². The highest BCUT2D eigenvalue weighted by Crippen LogP contribution is 2.10. The van der Waals surface area contributed by atoms with E-state index in [1.54, 1.807) is 11.6 Å². The van der Waals surface area contributed by atoms with E-state index in [1.165, 1.54) is 28.9 Å². The fraction of sp³-hybridized carbons (Fsp3) is 0.211. The number of nitrogens with zero attached hydrogens (tertiary/aromatic N) is 3. The number of anilines is 1. The second kappa shape index (κ2) is 8.84. The van der Waals surface area contributed by atoms with Gasteiger partial charge in [-0.1, -0.05) is 29.8 Å². The Morgan fingerprint density at radius 3 is 2.07 bits per heavy atom. The average molecular weight is 417 g/mol. The van der Waals surface area contributed by atoms with E-state index < -0.39 is 10.1 Å². The van der Waals surface area contributed by atoms with E-state index in [1.807, 2.05) is 38.1 Å². The molecule has 0 saturated heterocycles. The van der Waals surface area contributed by atoms with E-state index in [2.05, 4.69) is 5.10 Å². The molecule has 0 aliphatic heterocycles. The topological polar surface area (TPSA) is 148 Å². The zero-order valence-corrected chi connectivity index (χ0v) is 17.2. The molecule has 0 aliphatic carbocycles. The standard InChI is InChI=1S/C13H17N4O.C6H7NO3S/c1-9-4-6-12(7-5-9)13(18)8-16-11(3)17(14)10(2)15-16;7-5-1-3-6(4-2-5)11(8,9)10/h4-7H,8,14H2,1-3H3;1-4H,7H2,(H,8,9,10)/q+1;/p-1. The zero-order chi connectivity index (χ0) is 21.8. The first-order valence-corrected chi connectivity index (χ1v) is 10.0. The van der Waals surface area contributed by atoms with E-state index in [4.69, 9.17) is 11.6 Å². The van der Waals surface area contributed by atoms with Crippen molar-refractivity contribution in [2.45, 2.75) is 32.2 Å². The molecule has 0 amide bonds.